The average Bonchev–Trinajstić information content (AvgIpc) is 3.42. The Morgan fingerprint density at radius 2 is 1.88 bits per heavy atom. The Balaban J connectivity index is 1.49. The quantitative estimate of drug-likeness (QED) is 0.339. The number of methoxy groups -OCH3 is 1. The van der Waals surface area contributed by atoms with Crippen LogP contribution in [0.15, 0.2) is 52.3 Å². The number of thiophene rings is 1. The standard InChI is InChI=1S/C25H20ClNO4S/c1-30-25(29)22-19(16-7-6-14-4-2-3-5-15(14)10-16)13-32-24(22)27-23(28)21-12-17-11-18(26)8-9-20(17)31-21/h6-13H,2-5H2,1H3,(H,27,28). The third kappa shape index (κ3) is 3.80. The maximum Gasteiger partial charge on any atom is 0.341 e. The number of benzene rings is 2. The SMILES string of the molecule is COC(=O)c1c(-c2ccc3c(c2)CCCC3)csc1NC(=O)c1cc2cc(Cl)ccc2o1. The van der Waals surface area contributed by atoms with Crippen LogP contribution in [-0.2, 0) is 17.6 Å². The number of carbonyl (C=O) groups is 2. The monoisotopic (exact) mass is 465 g/mol. The first-order chi connectivity index (χ1) is 15.5. The van der Waals surface area contributed by atoms with Gasteiger partial charge < -0.3 is 14.5 Å². The van der Waals surface area contributed by atoms with E-state index in [1.807, 2.05) is 11.4 Å². The second-order valence-electron chi connectivity index (χ2n) is 7.78. The molecular weight excluding hydrogens is 446 g/mol. The van der Waals surface area contributed by atoms with E-state index in [0.29, 0.717) is 21.2 Å². The van der Waals surface area contributed by atoms with Crippen molar-refractivity contribution >= 4 is 50.8 Å². The van der Waals surface area contributed by atoms with E-state index in [4.69, 9.17) is 20.8 Å². The topological polar surface area (TPSA) is 68.5 Å². The zero-order valence-electron chi connectivity index (χ0n) is 17.4. The van der Waals surface area contributed by atoms with Crippen molar-refractivity contribution in [1.82, 2.24) is 0 Å². The van der Waals surface area contributed by atoms with Gasteiger partial charge in [0.05, 0.1) is 7.11 Å². The number of halogens is 1. The first-order valence-electron chi connectivity index (χ1n) is 10.4. The number of amides is 1. The molecule has 32 heavy (non-hydrogen) atoms. The third-order valence-corrected chi connectivity index (χ3v) is 6.90. The highest BCUT2D eigenvalue weighted by Crippen LogP contribution is 2.38. The van der Waals surface area contributed by atoms with Crippen LogP contribution in [0.4, 0.5) is 5.00 Å². The van der Waals surface area contributed by atoms with Gasteiger partial charge in [0.15, 0.2) is 5.76 Å². The molecule has 4 aromatic rings. The van der Waals surface area contributed by atoms with Crippen molar-refractivity contribution in [1.29, 1.82) is 0 Å². The fourth-order valence-corrected chi connectivity index (χ4v) is 5.29. The molecule has 0 bridgehead atoms. The maximum atomic E-state index is 12.9. The van der Waals surface area contributed by atoms with E-state index < -0.39 is 11.9 Å². The number of rotatable bonds is 4. The number of esters is 1. The second-order valence-corrected chi connectivity index (χ2v) is 9.10. The number of hydrogen-bond donors (Lipinski definition) is 1. The molecule has 0 aliphatic heterocycles. The molecule has 1 aliphatic carbocycles. The van der Waals surface area contributed by atoms with E-state index in [1.165, 1.54) is 42.4 Å². The van der Waals surface area contributed by atoms with Gasteiger partial charge in [-0.15, -0.1) is 11.3 Å². The van der Waals surface area contributed by atoms with Crippen LogP contribution in [0, 0.1) is 0 Å². The molecular formula is C25H20ClNO4S. The van der Waals surface area contributed by atoms with Crippen LogP contribution in [0.5, 0.6) is 0 Å². The molecule has 5 nitrogen and oxygen atoms in total. The summed E-state index contributed by atoms with van der Waals surface area (Å²) in [6.07, 6.45) is 4.52. The molecule has 2 aromatic heterocycles. The summed E-state index contributed by atoms with van der Waals surface area (Å²) in [5.41, 5.74) is 5.30. The molecule has 0 saturated heterocycles. The Morgan fingerprint density at radius 1 is 1.06 bits per heavy atom. The first-order valence-corrected chi connectivity index (χ1v) is 11.6. The minimum Gasteiger partial charge on any atom is -0.465 e. The lowest BCUT2D eigenvalue weighted by molar-refractivity contribution is 0.0603. The molecule has 5 rings (SSSR count). The largest absolute Gasteiger partial charge is 0.465 e. The Morgan fingerprint density at radius 3 is 2.69 bits per heavy atom. The molecule has 7 heteroatoms. The van der Waals surface area contributed by atoms with Crippen molar-refractivity contribution in [3.05, 3.63) is 75.3 Å². The van der Waals surface area contributed by atoms with E-state index in [0.717, 1.165) is 29.4 Å². The van der Waals surface area contributed by atoms with Gasteiger partial charge in [-0.25, -0.2) is 4.79 Å². The summed E-state index contributed by atoms with van der Waals surface area (Å²) < 4.78 is 10.7. The zero-order valence-corrected chi connectivity index (χ0v) is 18.9. The molecule has 0 radical (unpaired) electrons. The summed E-state index contributed by atoms with van der Waals surface area (Å²) >= 11 is 7.31. The lowest BCUT2D eigenvalue weighted by Gasteiger charge is -2.16. The van der Waals surface area contributed by atoms with Gasteiger partial charge in [-0.3, -0.25) is 4.79 Å². The van der Waals surface area contributed by atoms with Crippen LogP contribution in [-0.4, -0.2) is 19.0 Å². The fourth-order valence-electron chi connectivity index (χ4n) is 4.16. The van der Waals surface area contributed by atoms with Crippen LogP contribution < -0.4 is 5.32 Å². The Bertz CT molecular complexity index is 1350. The van der Waals surface area contributed by atoms with Gasteiger partial charge in [-0.1, -0.05) is 29.8 Å². The van der Waals surface area contributed by atoms with Crippen molar-refractivity contribution in [3.63, 3.8) is 0 Å². The highest BCUT2D eigenvalue weighted by atomic mass is 35.5. The molecule has 0 unspecified atom stereocenters. The van der Waals surface area contributed by atoms with Gasteiger partial charge in [-0.05, 0) is 66.6 Å². The smallest absolute Gasteiger partial charge is 0.341 e. The Hall–Kier alpha value is -3.09. The van der Waals surface area contributed by atoms with E-state index in [9.17, 15) is 9.59 Å². The summed E-state index contributed by atoms with van der Waals surface area (Å²) in [4.78, 5) is 25.6. The number of fused-ring (bicyclic) bond motifs is 2. The summed E-state index contributed by atoms with van der Waals surface area (Å²) in [6, 6.07) is 13.1. The highest BCUT2D eigenvalue weighted by molar-refractivity contribution is 7.15. The maximum absolute atomic E-state index is 12.9. The predicted molar refractivity (Wildman–Crippen MR) is 127 cm³/mol. The van der Waals surface area contributed by atoms with E-state index in [1.54, 1.807) is 24.3 Å². The number of anilines is 1. The number of furan rings is 1. The van der Waals surface area contributed by atoms with E-state index in [-0.39, 0.29) is 5.76 Å². The summed E-state index contributed by atoms with van der Waals surface area (Å²) in [7, 11) is 1.34. The molecule has 2 aromatic carbocycles. The number of ether oxygens (including phenoxy) is 1. The Kier molecular flexibility index (Phi) is 5.49. The third-order valence-electron chi connectivity index (χ3n) is 5.77. The van der Waals surface area contributed by atoms with Gasteiger partial charge in [0.2, 0.25) is 0 Å². The summed E-state index contributed by atoms with van der Waals surface area (Å²) in [5, 5.41) is 6.42. The molecule has 0 atom stereocenters. The average molecular weight is 466 g/mol. The minimum atomic E-state index is -0.495. The number of aryl methyl sites for hydroxylation is 2. The van der Waals surface area contributed by atoms with Gasteiger partial charge in [0.1, 0.15) is 16.1 Å². The Labute approximate surface area is 194 Å². The zero-order chi connectivity index (χ0) is 22.2. The second kappa shape index (κ2) is 8.45. The van der Waals surface area contributed by atoms with Crippen LogP contribution >= 0.6 is 22.9 Å². The number of hydrogen-bond acceptors (Lipinski definition) is 5. The van der Waals surface area contributed by atoms with Gasteiger partial charge >= 0.3 is 5.97 Å². The van der Waals surface area contributed by atoms with Crippen molar-refractivity contribution in [2.24, 2.45) is 0 Å². The normalized spacial score (nSPS) is 13.1. The van der Waals surface area contributed by atoms with Gasteiger partial charge in [0, 0.05) is 21.4 Å². The van der Waals surface area contributed by atoms with Crippen molar-refractivity contribution in [2.75, 3.05) is 12.4 Å². The highest BCUT2D eigenvalue weighted by Gasteiger charge is 2.24. The predicted octanol–water partition coefficient (Wildman–Crippen LogP) is 6.73. The fraction of sp³-hybridized carbons (Fsp3) is 0.200. The summed E-state index contributed by atoms with van der Waals surface area (Å²) in [5.74, 6) is -0.797. The molecule has 0 spiro atoms. The van der Waals surface area contributed by atoms with Crippen molar-refractivity contribution < 1.29 is 18.7 Å². The van der Waals surface area contributed by atoms with Gasteiger partial charge in [-0.2, -0.15) is 0 Å². The lowest BCUT2D eigenvalue weighted by Crippen LogP contribution is -2.13. The molecule has 0 saturated carbocycles. The number of nitrogens with one attached hydrogen (secondary N) is 1. The summed E-state index contributed by atoms with van der Waals surface area (Å²) in [6.45, 7) is 0. The molecule has 1 N–H and O–H groups in total. The first kappa shape index (κ1) is 20.8. The number of carbonyl (C=O) groups excluding carboxylic acids is 2. The van der Waals surface area contributed by atoms with Crippen molar-refractivity contribution in [3.8, 4) is 11.1 Å². The molecule has 162 valence electrons. The van der Waals surface area contributed by atoms with E-state index in [2.05, 4.69) is 17.4 Å². The van der Waals surface area contributed by atoms with Crippen molar-refractivity contribution in [2.45, 2.75) is 25.7 Å². The molecule has 0 fully saturated rings. The van der Waals surface area contributed by atoms with Crippen LogP contribution in [0.25, 0.3) is 22.1 Å². The van der Waals surface area contributed by atoms with E-state index >= 15 is 0 Å². The van der Waals surface area contributed by atoms with Crippen LogP contribution in [0.2, 0.25) is 5.02 Å². The molecule has 2 heterocycles. The lowest BCUT2D eigenvalue weighted by atomic mass is 9.89. The molecule has 1 aliphatic rings. The van der Waals surface area contributed by atoms with Crippen LogP contribution in [0.3, 0.4) is 0 Å². The molecule has 1 amide bonds. The van der Waals surface area contributed by atoms with Crippen LogP contribution in [0.1, 0.15) is 44.9 Å². The minimum absolute atomic E-state index is 0.141. The van der Waals surface area contributed by atoms with Gasteiger partial charge in [0.25, 0.3) is 5.91 Å².